The molecule has 25 heavy (non-hydrogen) atoms. The van der Waals surface area contributed by atoms with Crippen LogP contribution in [0, 0.1) is 6.92 Å². The molecule has 128 valence electrons. The molecule has 0 aliphatic heterocycles. The van der Waals surface area contributed by atoms with Gasteiger partial charge in [0.1, 0.15) is 17.0 Å². The molecule has 0 unspecified atom stereocenters. The standard InChI is InChI=1S/C19H18N2O3S/c1-12-9-18(21-19-15(12)7-4-8-16(19)24-2)25-11-17(23)20-13-5-3-6-14(22)10-13/h3-10,22H,11H2,1-2H3,(H,20,23). The van der Waals surface area contributed by atoms with Crippen molar-refractivity contribution in [3.63, 3.8) is 0 Å². The van der Waals surface area contributed by atoms with E-state index in [0.29, 0.717) is 11.4 Å². The molecule has 2 N–H and O–H groups in total. The fourth-order valence-electron chi connectivity index (χ4n) is 2.52. The molecule has 0 atom stereocenters. The molecule has 0 radical (unpaired) electrons. The summed E-state index contributed by atoms with van der Waals surface area (Å²) in [7, 11) is 1.62. The molecule has 0 aliphatic rings. The number of hydrogen-bond acceptors (Lipinski definition) is 5. The Morgan fingerprint density at radius 1 is 1.24 bits per heavy atom. The molecular formula is C19H18N2O3S. The van der Waals surface area contributed by atoms with Crippen LogP contribution in [-0.2, 0) is 4.79 Å². The third-order valence-corrected chi connectivity index (χ3v) is 4.60. The minimum absolute atomic E-state index is 0.115. The van der Waals surface area contributed by atoms with E-state index in [0.717, 1.165) is 21.5 Å². The molecule has 1 amide bonds. The zero-order valence-electron chi connectivity index (χ0n) is 13.9. The van der Waals surface area contributed by atoms with Crippen LogP contribution in [0.2, 0.25) is 0 Å². The molecule has 0 saturated carbocycles. The first-order valence-corrected chi connectivity index (χ1v) is 8.71. The molecule has 2 aromatic carbocycles. The predicted octanol–water partition coefficient (Wildman–Crippen LogP) is 3.99. The van der Waals surface area contributed by atoms with Gasteiger partial charge in [-0.25, -0.2) is 4.98 Å². The van der Waals surface area contributed by atoms with Crippen molar-refractivity contribution in [2.75, 3.05) is 18.2 Å². The molecule has 0 fully saturated rings. The molecule has 5 nitrogen and oxygen atoms in total. The van der Waals surface area contributed by atoms with E-state index >= 15 is 0 Å². The summed E-state index contributed by atoms with van der Waals surface area (Å²) in [4.78, 5) is 16.7. The molecule has 3 aromatic rings. The van der Waals surface area contributed by atoms with Gasteiger partial charge in [0.2, 0.25) is 5.91 Å². The van der Waals surface area contributed by atoms with Crippen molar-refractivity contribution in [3.05, 3.63) is 54.1 Å². The van der Waals surface area contributed by atoms with Crippen molar-refractivity contribution in [1.82, 2.24) is 4.98 Å². The molecule has 1 heterocycles. The fraction of sp³-hybridized carbons (Fsp3) is 0.158. The number of anilines is 1. The number of carbonyl (C=O) groups excluding carboxylic acids is 1. The number of phenolic OH excluding ortho intramolecular Hbond substituents is 1. The molecule has 0 spiro atoms. The number of methoxy groups -OCH3 is 1. The maximum atomic E-state index is 12.1. The van der Waals surface area contributed by atoms with Gasteiger partial charge in [0.25, 0.3) is 0 Å². The Balaban J connectivity index is 1.73. The number of aromatic nitrogens is 1. The van der Waals surface area contributed by atoms with Crippen LogP contribution < -0.4 is 10.1 Å². The average Bonchev–Trinajstić information content (AvgIpc) is 2.59. The van der Waals surface area contributed by atoms with Crippen molar-refractivity contribution in [2.24, 2.45) is 0 Å². The molecule has 3 rings (SSSR count). The van der Waals surface area contributed by atoms with Crippen LogP contribution in [0.1, 0.15) is 5.56 Å². The fourth-order valence-corrected chi connectivity index (χ4v) is 3.29. The van der Waals surface area contributed by atoms with E-state index in [2.05, 4.69) is 10.3 Å². The zero-order chi connectivity index (χ0) is 17.8. The van der Waals surface area contributed by atoms with Crippen LogP contribution in [0.15, 0.2) is 53.6 Å². The number of benzene rings is 2. The number of ether oxygens (including phenoxy) is 1. The number of nitrogens with zero attached hydrogens (tertiary/aromatic N) is 1. The largest absolute Gasteiger partial charge is 0.508 e. The number of carbonyl (C=O) groups is 1. The summed E-state index contributed by atoms with van der Waals surface area (Å²) in [6.45, 7) is 2.01. The number of nitrogens with one attached hydrogen (secondary N) is 1. The van der Waals surface area contributed by atoms with Crippen LogP contribution in [0.3, 0.4) is 0 Å². The molecule has 0 aliphatic carbocycles. The van der Waals surface area contributed by atoms with Gasteiger partial charge in [-0.3, -0.25) is 4.79 Å². The van der Waals surface area contributed by atoms with E-state index in [-0.39, 0.29) is 17.4 Å². The van der Waals surface area contributed by atoms with Gasteiger partial charge < -0.3 is 15.2 Å². The summed E-state index contributed by atoms with van der Waals surface area (Å²) >= 11 is 1.36. The third kappa shape index (κ3) is 4.03. The second-order valence-corrected chi connectivity index (χ2v) is 6.52. The summed E-state index contributed by atoms with van der Waals surface area (Å²) in [6.07, 6.45) is 0. The van der Waals surface area contributed by atoms with E-state index in [1.54, 1.807) is 25.3 Å². The molecular weight excluding hydrogens is 336 g/mol. The van der Waals surface area contributed by atoms with Gasteiger partial charge in [-0.1, -0.05) is 30.0 Å². The smallest absolute Gasteiger partial charge is 0.234 e. The van der Waals surface area contributed by atoms with E-state index in [1.165, 1.54) is 17.8 Å². The summed E-state index contributed by atoms with van der Waals surface area (Å²) in [5, 5.41) is 14.0. The number of aromatic hydroxyl groups is 1. The Bertz CT molecular complexity index is 928. The highest BCUT2D eigenvalue weighted by Crippen LogP contribution is 2.29. The van der Waals surface area contributed by atoms with Crippen LogP contribution in [0.5, 0.6) is 11.5 Å². The highest BCUT2D eigenvalue weighted by Gasteiger charge is 2.10. The molecule has 0 saturated heterocycles. The highest BCUT2D eigenvalue weighted by atomic mass is 32.2. The van der Waals surface area contributed by atoms with Crippen molar-refractivity contribution < 1.29 is 14.6 Å². The second kappa shape index (κ2) is 7.44. The summed E-state index contributed by atoms with van der Waals surface area (Å²) in [5.41, 5.74) is 2.44. The summed E-state index contributed by atoms with van der Waals surface area (Å²) in [6, 6.07) is 14.2. The van der Waals surface area contributed by atoms with Gasteiger partial charge in [-0.2, -0.15) is 0 Å². The number of amides is 1. The first-order chi connectivity index (χ1) is 12.1. The minimum Gasteiger partial charge on any atom is -0.508 e. The van der Waals surface area contributed by atoms with E-state index in [1.807, 2.05) is 31.2 Å². The quantitative estimate of drug-likeness (QED) is 0.678. The van der Waals surface area contributed by atoms with E-state index in [9.17, 15) is 9.90 Å². The number of fused-ring (bicyclic) bond motifs is 1. The number of pyridine rings is 1. The highest BCUT2D eigenvalue weighted by molar-refractivity contribution is 7.99. The number of aryl methyl sites for hydroxylation is 1. The van der Waals surface area contributed by atoms with Crippen LogP contribution in [-0.4, -0.2) is 28.9 Å². The molecule has 6 heteroatoms. The Morgan fingerprint density at radius 3 is 2.80 bits per heavy atom. The second-order valence-electron chi connectivity index (χ2n) is 5.52. The third-order valence-electron chi connectivity index (χ3n) is 3.69. The number of rotatable bonds is 5. The van der Waals surface area contributed by atoms with Crippen molar-refractivity contribution in [3.8, 4) is 11.5 Å². The van der Waals surface area contributed by atoms with Gasteiger partial charge in [0.05, 0.1) is 17.9 Å². The van der Waals surface area contributed by atoms with Crippen molar-refractivity contribution in [2.45, 2.75) is 11.9 Å². The summed E-state index contributed by atoms with van der Waals surface area (Å²) in [5.74, 6) is 0.898. The van der Waals surface area contributed by atoms with E-state index < -0.39 is 0 Å². The van der Waals surface area contributed by atoms with Gasteiger partial charge in [-0.15, -0.1) is 0 Å². The lowest BCUT2D eigenvalue weighted by Crippen LogP contribution is -2.14. The lowest BCUT2D eigenvalue weighted by Gasteiger charge is -2.10. The van der Waals surface area contributed by atoms with Gasteiger partial charge >= 0.3 is 0 Å². The van der Waals surface area contributed by atoms with Crippen LogP contribution in [0.4, 0.5) is 5.69 Å². The van der Waals surface area contributed by atoms with E-state index in [4.69, 9.17) is 4.74 Å². The van der Waals surface area contributed by atoms with Crippen molar-refractivity contribution >= 4 is 34.3 Å². The number of phenols is 1. The average molecular weight is 354 g/mol. The van der Waals surface area contributed by atoms with Crippen molar-refractivity contribution in [1.29, 1.82) is 0 Å². The first kappa shape index (κ1) is 17.1. The van der Waals surface area contributed by atoms with Gasteiger partial charge in [0, 0.05) is 17.1 Å². The Kier molecular flexibility index (Phi) is 5.09. The SMILES string of the molecule is COc1cccc2c(C)cc(SCC(=O)Nc3cccc(O)c3)nc12. The predicted molar refractivity (Wildman–Crippen MR) is 100 cm³/mol. The topological polar surface area (TPSA) is 71.5 Å². The van der Waals surface area contributed by atoms with Gasteiger partial charge in [0.15, 0.2) is 0 Å². The first-order valence-electron chi connectivity index (χ1n) is 7.73. The number of thioether (sulfide) groups is 1. The molecule has 0 bridgehead atoms. The maximum Gasteiger partial charge on any atom is 0.234 e. The lowest BCUT2D eigenvalue weighted by molar-refractivity contribution is -0.113. The van der Waals surface area contributed by atoms with Crippen LogP contribution >= 0.6 is 11.8 Å². The minimum atomic E-state index is -0.157. The Labute approximate surface area is 150 Å². The molecule has 1 aromatic heterocycles. The Morgan fingerprint density at radius 2 is 2.04 bits per heavy atom. The number of hydrogen-bond donors (Lipinski definition) is 2. The van der Waals surface area contributed by atoms with Gasteiger partial charge in [-0.05, 0) is 36.8 Å². The van der Waals surface area contributed by atoms with Crippen LogP contribution in [0.25, 0.3) is 10.9 Å². The maximum absolute atomic E-state index is 12.1. The number of para-hydroxylation sites is 1. The summed E-state index contributed by atoms with van der Waals surface area (Å²) < 4.78 is 5.38. The Hall–Kier alpha value is -2.73. The monoisotopic (exact) mass is 354 g/mol. The lowest BCUT2D eigenvalue weighted by atomic mass is 10.1. The normalized spacial score (nSPS) is 10.6. The zero-order valence-corrected chi connectivity index (χ0v) is 14.8.